The Labute approximate surface area is 82.5 Å². The second-order valence-corrected chi connectivity index (χ2v) is 3.04. The topological polar surface area (TPSA) is 37.8 Å². The number of halogens is 1. The van der Waals surface area contributed by atoms with Crippen molar-refractivity contribution in [3.63, 3.8) is 0 Å². The van der Waals surface area contributed by atoms with Crippen LogP contribution in [0.25, 0.3) is 0 Å². The van der Waals surface area contributed by atoms with Gasteiger partial charge in [0.05, 0.1) is 6.04 Å². The Morgan fingerprint density at radius 2 is 2.31 bits per heavy atom. The van der Waals surface area contributed by atoms with Crippen LogP contribution in [-0.4, -0.2) is 16.0 Å². The number of anilines is 1. The first-order valence-electron chi connectivity index (χ1n) is 3.85. The molecular formula is C9H10ClN3. The van der Waals surface area contributed by atoms with E-state index in [0.29, 0.717) is 16.8 Å². The lowest BCUT2D eigenvalue weighted by atomic mass is 10.3. The lowest BCUT2D eigenvalue weighted by Crippen LogP contribution is -2.13. The zero-order valence-electron chi connectivity index (χ0n) is 7.50. The Hall–Kier alpha value is -1.27. The molecule has 3 nitrogen and oxygen atoms in total. The number of hydrogen-bond donors (Lipinski definition) is 1. The van der Waals surface area contributed by atoms with Crippen LogP contribution in [0, 0.1) is 19.3 Å². The molecule has 13 heavy (non-hydrogen) atoms. The Bertz CT molecular complexity index is 323. The summed E-state index contributed by atoms with van der Waals surface area (Å²) in [6.45, 7) is 3.64. The van der Waals surface area contributed by atoms with Crippen molar-refractivity contribution in [2.75, 3.05) is 5.32 Å². The van der Waals surface area contributed by atoms with Crippen LogP contribution in [0.4, 0.5) is 5.82 Å². The summed E-state index contributed by atoms with van der Waals surface area (Å²) < 4.78 is 0. The first-order valence-corrected chi connectivity index (χ1v) is 4.23. The molecule has 0 amide bonds. The van der Waals surface area contributed by atoms with E-state index < -0.39 is 0 Å². The van der Waals surface area contributed by atoms with E-state index in [9.17, 15) is 0 Å². The third-order valence-electron chi connectivity index (χ3n) is 1.42. The lowest BCUT2D eigenvalue weighted by molar-refractivity contribution is 0.980. The molecule has 4 heteroatoms. The van der Waals surface area contributed by atoms with Gasteiger partial charge in [-0.3, -0.25) is 0 Å². The molecule has 0 aliphatic carbocycles. The summed E-state index contributed by atoms with van der Waals surface area (Å²) in [4.78, 5) is 8.05. The Morgan fingerprint density at radius 1 is 1.62 bits per heavy atom. The number of hydrogen-bond acceptors (Lipinski definition) is 3. The number of aromatic nitrogens is 2. The quantitative estimate of drug-likeness (QED) is 0.579. The van der Waals surface area contributed by atoms with Gasteiger partial charge in [0.15, 0.2) is 0 Å². The maximum absolute atomic E-state index is 5.73. The molecule has 1 aromatic rings. The maximum Gasteiger partial charge on any atom is 0.134 e. The van der Waals surface area contributed by atoms with Gasteiger partial charge in [0.1, 0.15) is 16.8 Å². The Kier molecular flexibility index (Phi) is 3.10. The van der Waals surface area contributed by atoms with Crippen LogP contribution in [0.3, 0.4) is 0 Å². The molecule has 0 aliphatic rings. The highest BCUT2D eigenvalue weighted by atomic mass is 35.5. The first-order chi connectivity index (χ1) is 6.11. The highest BCUT2D eigenvalue weighted by molar-refractivity contribution is 6.29. The molecule has 0 spiro atoms. The predicted molar refractivity (Wildman–Crippen MR) is 53.7 cm³/mol. The molecule has 0 saturated carbocycles. The zero-order chi connectivity index (χ0) is 9.84. The molecular weight excluding hydrogens is 186 g/mol. The summed E-state index contributed by atoms with van der Waals surface area (Å²) in [6.07, 6.45) is 5.21. The molecule has 1 rings (SSSR count). The van der Waals surface area contributed by atoms with Gasteiger partial charge in [-0.1, -0.05) is 17.5 Å². The van der Waals surface area contributed by atoms with Crippen LogP contribution in [-0.2, 0) is 0 Å². The van der Waals surface area contributed by atoms with Gasteiger partial charge in [-0.05, 0) is 13.8 Å². The van der Waals surface area contributed by atoms with Gasteiger partial charge < -0.3 is 5.32 Å². The molecule has 0 aliphatic heterocycles. The second kappa shape index (κ2) is 4.11. The van der Waals surface area contributed by atoms with E-state index in [1.54, 1.807) is 13.0 Å². The van der Waals surface area contributed by atoms with Crippen molar-refractivity contribution in [3.05, 3.63) is 17.0 Å². The highest BCUT2D eigenvalue weighted by Gasteiger charge is 2.01. The molecule has 0 radical (unpaired) electrons. The molecule has 1 heterocycles. The van der Waals surface area contributed by atoms with Gasteiger partial charge in [0, 0.05) is 6.07 Å². The fourth-order valence-electron chi connectivity index (χ4n) is 0.869. The van der Waals surface area contributed by atoms with Crippen LogP contribution < -0.4 is 5.32 Å². The third kappa shape index (κ3) is 2.92. The summed E-state index contributed by atoms with van der Waals surface area (Å²) in [6, 6.07) is 1.58. The minimum absolute atomic E-state index is 0.0645. The van der Waals surface area contributed by atoms with E-state index in [2.05, 4.69) is 21.2 Å². The Morgan fingerprint density at radius 3 is 2.85 bits per heavy atom. The SMILES string of the molecule is C#CC(C)Nc1cc(Cl)nc(C)n1. The second-order valence-electron chi connectivity index (χ2n) is 2.66. The average molecular weight is 196 g/mol. The van der Waals surface area contributed by atoms with Crippen molar-refractivity contribution < 1.29 is 0 Å². The number of nitrogens with one attached hydrogen (secondary N) is 1. The minimum atomic E-state index is -0.0645. The number of terminal acetylenes is 1. The zero-order valence-corrected chi connectivity index (χ0v) is 8.26. The van der Waals surface area contributed by atoms with Crippen molar-refractivity contribution >= 4 is 17.4 Å². The lowest BCUT2D eigenvalue weighted by Gasteiger charge is -2.08. The summed E-state index contributed by atoms with van der Waals surface area (Å²) >= 11 is 5.73. The van der Waals surface area contributed by atoms with E-state index >= 15 is 0 Å². The van der Waals surface area contributed by atoms with Crippen molar-refractivity contribution in [2.24, 2.45) is 0 Å². The largest absolute Gasteiger partial charge is 0.357 e. The average Bonchev–Trinajstić information content (AvgIpc) is 2.02. The van der Waals surface area contributed by atoms with Gasteiger partial charge in [-0.2, -0.15) is 0 Å². The summed E-state index contributed by atoms with van der Waals surface area (Å²) in [5, 5.41) is 3.42. The van der Waals surface area contributed by atoms with Crippen LogP contribution in [0.5, 0.6) is 0 Å². The minimum Gasteiger partial charge on any atom is -0.357 e. The smallest absolute Gasteiger partial charge is 0.134 e. The van der Waals surface area contributed by atoms with Crippen molar-refractivity contribution in [2.45, 2.75) is 19.9 Å². The number of rotatable bonds is 2. The third-order valence-corrected chi connectivity index (χ3v) is 1.61. The normalized spacial score (nSPS) is 11.8. The van der Waals surface area contributed by atoms with E-state index in [4.69, 9.17) is 18.0 Å². The van der Waals surface area contributed by atoms with E-state index in [0.717, 1.165) is 0 Å². The van der Waals surface area contributed by atoms with Gasteiger partial charge >= 0.3 is 0 Å². The summed E-state index contributed by atoms with van der Waals surface area (Å²) in [7, 11) is 0. The highest BCUT2D eigenvalue weighted by Crippen LogP contribution is 2.11. The van der Waals surface area contributed by atoms with Crippen molar-refractivity contribution in [1.29, 1.82) is 0 Å². The molecule has 1 unspecified atom stereocenters. The Balaban J connectivity index is 2.84. The standard InChI is InChI=1S/C9H10ClN3/c1-4-6(2)11-9-5-8(10)12-7(3)13-9/h1,5-6H,2-3H3,(H,11,12,13). The van der Waals surface area contributed by atoms with Crippen LogP contribution in [0.1, 0.15) is 12.7 Å². The van der Waals surface area contributed by atoms with Crippen LogP contribution in [0.2, 0.25) is 5.15 Å². The van der Waals surface area contributed by atoms with Gasteiger partial charge in [0.25, 0.3) is 0 Å². The molecule has 68 valence electrons. The molecule has 0 saturated heterocycles. The molecule has 1 aromatic heterocycles. The van der Waals surface area contributed by atoms with Crippen LogP contribution >= 0.6 is 11.6 Å². The molecule has 1 N–H and O–H groups in total. The van der Waals surface area contributed by atoms with Gasteiger partial charge in [-0.15, -0.1) is 6.42 Å². The maximum atomic E-state index is 5.73. The predicted octanol–water partition coefficient (Wildman–Crippen LogP) is 1.87. The van der Waals surface area contributed by atoms with Crippen molar-refractivity contribution in [1.82, 2.24) is 9.97 Å². The van der Waals surface area contributed by atoms with Crippen LogP contribution in [0.15, 0.2) is 6.07 Å². The van der Waals surface area contributed by atoms with Gasteiger partial charge in [-0.25, -0.2) is 9.97 Å². The number of nitrogens with zero attached hydrogens (tertiary/aromatic N) is 2. The fourth-order valence-corrected chi connectivity index (χ4v) is 1.09. The monoisotopic (exact) mass is 195 g/mol. The molecule has 0 fully saturated rings. The van der Waals surface area contributed by atoms with E-state index in [1.807, 2.05) is 6.92 Å². The van der Waals surface area contributed by atoms with Crippen molar-refractivity contribution in [3.8, 4) is 12.3 Å². The first kappa shape index (κ1) is 9.82. The fraction of sp³-hybridized carbons (Fsp3) is 0.333. The van der Waals surface area contributed by atoms with Gasteiger partial charge in [0.2, 0.25) is 0 Å². The summed E-state index contributed by atoms with van der Waals surface area (Å²) in [5.74, 6) is 3.82. The van der Waals surface area contributed by atoms with E-state index in [1.165, 1.54) is 0 Å². The molecule has 1 atom stereocenters. The molecule has 0 aromatic carbocycles. The molecule has 0 bridgehead atoms. The summed E-state index contributed by atoms with van der Waals surface area (Å²) in [5.41, 5.74) is 0. The van der Waals surface area contributed by atoms with E-state index in [-0.39, 0.29) is 6.04 Å². The number of aryl methyl sites for hydroxylation is 1.